The van der Waals surface area contributed by atoms with E-state index >= 15 is 0 Å². The summed E-state index contributed by atoms with van der Waals surface area (Å²) < 4.78 is 10.7. The summed E-state index contributed by atoms with van der Waals surface area (Å²) in [6.07, 6.45) is 1.81. The molecule has 1 aromatic carbocycles. The van der Waals surface area contributed by atoms with Crippen LogP contribution < -0.4 is 10.5 Å². The molecule has 0 bridgehead atoms. The van der Waals surface area contributed by atoms with Gasteiger partial charge in [-0.25, -0.2) is 0 Å². The largest absolute Gasteiger partial charge is 0.496 e. The summed E-state index contributed by atoms with van der Waals surface area (Å²) >= 11 is 0. The highest BCUT2D eigenvalue weighted by Gasteiger charge is 2.38. The highest BCUT2D eigenvalue weighted by molar-refractivity contribution is 5.87. The highest BCUT2D eigenvalue weighted by Crippen LogP contribution is 2.33. The Morgan fingerprint density at radius 3 is 2.70 bits per heavy atom. The molecule has 0 unspecified atom stereocenters. The average molecular weight is 277 g/mol. The van der Waals surface area contributed by atoms with Crippen molar-refractivity contribution < 1.29 is 14.3 Å². The molecular weight excluding hydrogens is 254 g/mol. The van der Waals surface area contributed by atoms with Gasteiger partial charge in [0.1, 0.15) is 11.5 Å². The van der Waals surface area contributed by atoms with Crippen molar-refractivity contribution >= 4 is 5.78 Å². The molecule has 2 rings (SSSR count). The Morgan fingerprint density at radius 2 is 2.10 bits per heavy atom. The minimum absolute atomic E-state index is 0.201. The van der Waals surface area contributed by atoms with E-state index < -0.39 is 5.41 Å². The number of carbonyl (C=O) groups excluding carboxylic acids is 1. The van der Waals surface area contributed by atoms with Gasteiger partial charge in [0.15, 0.2) is 0 Å². The number of ketones is 1. The van der Waals surface area contributed by atoms with Gasteiger partial charge in [0.25, 0.3) is 0 Å². The molecule has 4 heteroatoms. The third-order valence-corrected chi connectivity index (χ3v) is 4.22. The minimum atomic E-state index is -0.424. The Balaban J connectivity index is 2.20. The summed E-state index contributed by atoms with van der Waals surface area (Å²) in [5, 5.41) is 0. The first kappa shape index (κ1) is 15.0. The molecule has 0 aromatic heterocycles. The van der Waals surface area contributed by atoms with Gasteiger partial charge in [0.2, 0.25) is 0 Å². The molecule has 0 saturated carbocycles. The number of nitrogens with two attached hydrogens (primary N) is 1. The Morgan fingerprint density at radius 1 is 1.40 bits per heavy atom. The smallest absolute Gasteiger partial charge is 0.144 e. The number of ether oxygens (including phenoxy) is 2. The monoisotopic (exact) mass is 277 g/mol. The second-order valence-corrected chi connectivity index (χ2v) is 5.51. The van der Waals surface area contributed by atoms with Crippen LogP contribution in [0.2, 0.25) is 0 Å². The number of hydrogen-bond acceptors (Lipinski definition) is 4. The van der Waals surface area contributed by atoms with E-state index in [0.717, 1.165) is 29.7 Å². The van der Waals surface area contributed by atoms with Crippen LogP contribution >= 0.6 is 0 Å². The molecule has 1 aliphatic rings. The van der Waals surface area contributed by atoms with Crippen LogP contribution in [-0.2, 0) is 16.0 Å². The Labute approximate surface area is 120 Å². The second kappa shape index (κ2) is 6.37. The lowest BCUT2D eigenvalue weighted by Gasteiger charge is -2.34. The molecular formula is C16H23NO3. The van der Waals surface area contributed by atoms with Gasteiger partial charge in [-0.05, 0) is 25.8 Å². The maximum Gasteiger partial charge on any atom is 0.144 e. The van der Waals surface area contributed by atoms with E-state index in [9.17, 15) is 4.79 Å². The molecule has 1 fully saturated rings. The molecule has 0 amide bonds. The summed E-state index contributed by atoms with van der Waals surface area (Å²) in [4.78, 5) is 12.7. The van der Waals surface area contributed by atoms with Gasteiger partial charge in [-0.1, -0.05) is 17.7 Å². The van der Waals surface area contributed by atoms with Crippen LogP contribution in [0.1, 0.15) is 24.0 Å². The molecule has 1 aromatic rings. The summed E-state index contributed by atoms with van der Waals surface area (Å²) in [6.45, 7) is 3.64. The second-order valence-electron chi connectivity index (χ2n) is 5.51. The Kier molecular flexibility index (Phi) is 4.78. The van der Waals surface area contributed by atoms with Crippen molar-refractivity contribution in [3.63, 3.8) is 0 Å². The van der Waals surface area contributed by atoms with Crippen LogP contribution in [0.5, 0.6) is 5.75 Å². The topological polar surface area (TPSA) is 61.5 Å². The number of aryl methyl sites for hydroxylation is 1. The van der Waals surface area contributed by atoms with Gasteiger partial charge < -0.3 is 15.2 Å². The number of methoxy groups -OCH3 is 1. The molecule has 1 saturated heterocycles. The summed E-state index contributed by atoms with van der Waals surface area (Å²) in [5.41, 5.74) is 7.53. The van der Waals surface area contributed by atoms with E-state index in [2.05, 4.69) is 0 Å². The van der Waals surface area contributed by atoms with Crippen LogP contribution in [0.4, 0.5) is 0 Å². The number of hydrogen-bond donors (Lipinski definition) is 1. The fourth-order valence-electron chi connectivity index (χ4n) is 2.76. The van der Waals surface area contributed by atoms with Crippen molar-refractivity contribution in [2.24, 2.45) is 11.1 Å². The Bertz CT molecular complexity index is 479. The third-order valence-electron chi connectivity index (χ3n) is 4.22. The number of Topliss-reactive ketones (excluding diaryl/α,β-unsaturated/α-hetero) is 1. The summed E-state index contributed by atoms with van der Waals surface area (Å²) in [6, 6.07) is 5.91. The van der Waals surface area contributed by atoms with Crippen molar-refractivity contribution in [2.75, 3.05) is 26.9 Å². The predicted molar refractivity (Wildman–Crippen MR) is 78.0 cm³/mol. The van der Waals surface area contributed by atoms with Gasteiger partial charge in [0, 0.05) is 37.2 Å². The molecule has 110 valence electrons. The quantitative estimate of drug-likeness (QED) is 0.892. The zero-order valence-corrected chi connectivity index (χ0v) is 12.3. The van der Waals surface area contributed by atoms with Crippen molar-refractivity contribution in [3.8, 4) is 5.75 Å². The van der Waals surface area contributed by atoms with E-state index in [0.29, 0.717) is 26.2 Å². The first-order chi connectivity index (χ1) is 9.61. The van der Waals surface area contributed by atoms with Crippen molar-refractivity contribution in [1.29, 1.82) is 0 Å². The van der Waals surface area contributed by atoms with Gasteiger partial charge in [0.05, 0.1) is 7.11 Å². The van der Waals surface area contributed by atoms with Crippen molar-refractivity contribution in [2.45, 2.75) is 26.2 Å². The fourth-order valence-corrected chi connectivity index (χ4v) is 2.76. The lowest BCUT2D eigenvalue weighted by molar-refractivity contribution is -0.132. The third kappa shape index (κ3) is 3.02. The Hall–Kier alpha value is -1.39. The van der Waals surface area contributed by atoms with E-state index in [1.165, 1.54) is 0 Å². The molecule has 1 aliphatic heterocycles. The van der Waals surface area contributed by atoms with Crippen LogP contribution in [0, 0.1) is 12.3 Å². The molecule has 2 N–H and O–H groups in total. The first-order valence-electron chi connectivity index (χ1n) is 7.06. The van der Waals surface area contributed by atoms with Crippen LogP contribution in [0.25, 0.3) is 0 Å². The van der Waals surface area contributed by atoms with E-state index in [1.807, 2.05) is 25.1 Å². The normalized spacial score (nSPS) is 17.8. The zero-order valence-electron chi connectivity index (χ0n) is 12.3. The number of rotatable bonds is 5. The van der Waals surface area contributed by atoms with Crippen LogP contribution in [0.15, 0.2) is 18.2 Å². The van der Waals surface area contributed by atoms with E-state index in [4.69, 9.17) is 15.2 Å². The van der Waals surface area contributed by atoms with Crippen LogP contribution in [0.3, 0.4) is 0 Å². The summed E-state index contributed by atoms with van der Waals surface area (Å²) in [7, 11) is 1.63. The van der Waals surface area contributed by atoms with Gasteiger partial charge in [-0.3, -0.25) is 4.79 Å². The zero-order chi connectivity index (χ0) is 14.6. The molecule has 20 heavy (non-hydrogen) atoms. The van der Waals surface area contributed by atoms with E-state index in [-0.39, 0.29) is 5.78 Å². The molecule has 0 spiro atoms. The van der Waals surface area contributed by atoms with Gasteiger partial charge in [-0.2, -0.15) is 0 Å². The van der Waals surface area contributed by atoms with Gasteiger partial charge >= 0.3 is 0 Å². The molecule has 0 atom stereocenters. The molecule has 1 heterocycles. The molecule has 0 aliphatic carbocycles. The predicted octanol–water partition coefficient (Wildman–Crippen LogP) is 1.87. The van der Waals surface area contributed by atoms with Crippen molar-refractivity contribution in [1.82, 2.24) is 0 Å². The maximum atomic E-state index is 12.7. The van der Waals surface area contributed by atoms with Gasteiger partial charge in [-0.15, -0.1) is 0 Å². The molecule has 0 radical (unpaired) electrons. The SMILES string of the molecule is COc1ccc(C)cc1CC(=O)C1(CN)CCOCC1. The average Bonchev–Trinajstić information content (AvgIpc) is 2.48. The van der Waals surface area contributed by atoms with Crippen molar-refractivity contribution in [3.05, 3.63) is 29.3 Å². The fraction of sp³-hybridized carbons (Fsp3) is 0.562. The first-order valence-corrected chi connectivity index (χ1v) is 7.06. The standard InChI is InChI=1S/C16H23NO3/c1-12-3-4-14(19-2)13(9-12)10-15(18)16(11-17)5-7-20-8-6-16/h3-4,9H,5-8,10-11,17H2,1-2H3. The highest BCUT2D eigenvalue weighted by atomic mass is 16.5. The number of carbonyl (C=O) groups is 1. The number of benzene rings is 1. The minimum Gasteiger partial charge on any atom is -0.496 e. The molecule has 4 nitrogen and oxygen atoms in total. The lowest BCUT2D eigenvalue weighted by Crippen LogP contribution is -2.44. The van der Waals surface area contributed by atoms with Crippen LogP contribution in [-0.4, -0.2) is 32.7 Å². The maximum absolute atomic E-state index is 12.7. The van der Waals surface area contributed by atoms with E-state index in [1.54, 1.807) is 7.11 Å². The summed E-state index contributed by atoms with van der Waals surface area (Å²) in [5.74, 6) is 0.968. The lowest BCUT2D eigenvalue weighted by atomic mass is 9.74.